The molecule has 1 aromatic rings. The first kappa shape index (κ1) is 12.8. The molecule has 1 aromatic heterocycles. The number of nitrogens with one attached hydrogen (secondary N) is 2. The fourth-order valence-electron chi connectivity index (χ4n) is 2.04. The van der Waals surface area contributed by atoms with Crippen LogP contribution in [0.25, 0.3) is 0 Å². The molecule has 1 fully saturated rings. The summed E-state index contributed by atoms with van der Waals surface area (Å²) in [5, 5.41) is 2.68. The Labute approximate surface area is 104 Å². The van der Waals surface area contributed by atoms with Gasteiger partial charge in [-0.1, -0.05) is 0 Å². The van der Waals surface area contributed by atoms with Crippen molar-refractivity contribution in [2.75, 3.05) is 11.5 Å². The zero-order chi connectivity index (χ0) is 13.4. The van der Waals surface area contributed by atoms with Gasteiger partial charge in [0, 0.05) is 17.8 Å². The highest BCUT2D eigenvalue weighted by Gasteiger charge is 2.39. The summed E-state index contributed by atoms with van der Waals surface area (Å²) >= 11 is 0. The van der Waals surface area contributed by atoms with Crippen LogP contribution in [0.2, 0.25) is 0 Å². The van der Waals surface area contributed by atoms with Crippen LogP contribution in [0.15, 0.2) is 23.1 Å². The molecular weight excluding hydrogens is 256 g/mol. The minimum atomic E-state index is -3.07. The maximum atomic E-state index is 11.9. The largest absolute Gasteiger partial charge is 0.346 e. The summed E-state index contributed by atoms with van der Waals surface area (Å²) in [6.45, 7) is 1.70. The molecule has 0 radical (unpaired) electrons. The van der Waals surface area contributed by atoms with Crippen molar-refractivity contribution in [3.8, 4) is 0 Å². The second-order valence-electron chi connectivity index (χ2n) is 4.80. The van der Waals surface area contributed by atoms with Crippen molar-refractivity contribution in [2.24, 2.45) is 0 Å². The van der Waals surface area contributed by atoms with Gasteiger partial charge in [0.25, 0.3) is 5.91 Å². The van der Waals surface area contributed by atoms with Gasteiger partial charge in [-0.05, 0) is 19.4 Å². The number of sulfone groups is 1. The van der Waals surface area contributed by atoms with Gasteiger partial charge in [0.2, 0.25) is 5.56 Å². The minimum Gasteiger partial charge on any atom is -0.346 e. The fourth-order valence-corrected chi connectivity index (χ4v) is 4.13. The van der Waals surface area contributed by atoms with Crippen molar-refractivity contribution in [2.45, 2.75) is 18.9 Å². The van der Waals surface area contributed by atoms with Crippen molar-refractivity contribution in [3.63, 3.8) is 0 Å². The lowest BCUT2D eigenvalue weighted by molar-refractivity contribution is 0.0915. The van der Waals surface area contributed by atoms with Crippen LogP contribution in [0.4, 0.5) is 0 Å². The van der Waals surface area contributed by atoms with Gasteiger partial charge in [-0.25, -0.2) is 8.42 Å². The summed E-state index contributed by atoms with van der Waals surface area (Å²) in [5.74, 6) is -0.408. The van der Waals surface area contributed by atoms with Crippen LogP contribution in [-0.4, -0.2) is 36.4 Å². The van der Waals surface area contributed by atoms with Crippen molar-refractivity contribution in [1.82, 2.24) is 10.3 Å². The molecule has 0 bridgehead atoms. The SMILES string of the molecule is CC1(NC(=O)c2cc[nH]c(=O)c2)CCS(=O)(=O)C1. The van der Waals surface area contributed by atoms with Gasteiger partial charge in [0.05, 0.1) is 17.0 Å². The number of carbonyl (C=O) groups is 1. The first-order valence-corrected chi connectivity index (χ1v) is 7.34. The van der Waals surface area contributed by atoms with Crippen LogP contribution in [0.5, 0.6) is 0 Å². The maximum absolute atomic E-state index is 11.9. The molecule has 0 aromatic carbocycles. The number of rotatable bonds is 2. The molecule has 1 aliphatic heterocycles. The van der Waals surface area contributed by atoms with Gasteiger partial charge in [-0.3, -0.25) is 9.59 Å². The van der Waals surface area contributed by atoms with Gasteiger partial charge in [0.1, 0.15) is 0 Å². The first-order valence-electron chi connectivity index (χ1n) is 5.51. The molecule has 1 unspecified atom stereocenters. The average Bonchev–Trinajstić information content (AvgIpc) is 2.52. The minimum absolute atomic E-state index is 0.0606. The van der Waals surface area contributed by atoms with Crippen molar-refractivity contribution in [1.29, 1.82) is 0 Å². The molecule has 2 rings (SSSR count). The molecule has 0 aliphatic carbocycles. The fraction of sp³-hybridized carbons (Fsp3) is 0.455. The third-order valence-corrected chi connectivity index (χ3v) is 4.86. The summed E-state index contributed by atoms with van der Waals surface area (Å²) < 4.78 is 22.8. The zero-order valence-corrected chi connectivity index (χ0v) is 10.7. The summed E-state index contributed by atoms with van der Waals surface area (Å²) in [6.07, 6.45) is 1.77. The molecule has 0 spiro atoms. The topological polar surface area (TPSA) is 96.1 Å². The summed E-state index contributed by atoms with van der Waals surface area (Å²) in [4.78, 5) is 25.4. The van der Waals surface area contributed by atoms with E-state index in [1.165, 1.54) is 18.3 Å². The number of H-pyrrole nitrogens is 1. The van der Waals surface area contributed by atoms with Crippen LogP contribution < -0.4 is 10.9 Å². The third-order valence-electron chi connectivity index (χ3n) is 2.96. The van der Waals surface area contributed by atoms with E-state index in [2.05, 4.69) is 10.3 Å². The molecule has 1 aliphatic rings. The van der Waals surface area contributed by atoms with Gasteiger partial charge in [0.15, 0.2) is 9.84 Å². The molecule has 98 valence electrons. The van der Waals surface area contributed by atoms with E-state index in [1.54, 1.807) is 6.92 Å². The number of hydrogen-bond acceptors (Lipinski definition) is 4. The molecule has 1 saturated heterocycles. The number of pyridine rings is 1. The van der Waals surface area contributed by atoms with E-state index in [1.807, 2.05) is 0 Å². The lowest BCUT2D eigenvalue weighted by Gasteiger charge is -2.23. The van der Waals surface area contributed by atoms with Crippen molar-refractivity contribution >= 4 is 15.7 Å². The van der Waals surface area contributed by atoms with Crippen LogP contribution in [0.1, 0.15) is 23.7 Å². The van der Waals surface area contributed by atoms with Gasteiger partial charge in [-0.2, -0.15) is 0 Å². The van der Waals surface area contributed by atoms with E-state index < -0.39 is 21.3 Å². The number of amides is 1. The number of carbonyl (C=O) groups excluding carboxylic acids is 1. The molecule has 7 heteroatoms. The molecule has 1 amide bonds. The van der Waals surface area contributed by atoms with Crippen LogP contribution in [0, 0.1) is 0 Å². The van der Waals surface area contributed by atoms with Gasteiger partial charge >= 0.3 is 0 Å². The Morgan fingerprint density at radius 3 is 2.78 bits per heavy atom. The molecule has 2 N–H and O–H groups in total. The highest BCUT2D eigenvalue weighted by molar-refractivity contribution is 7.91. The van der Waals surface area contributed by atoms with E-state index in [0.717, 1.165) is 0 Å². The van der Waals surface area contributed by atoms with Crippen LogP contribution in [0.3, 0.4) is 0 Å². The maximum Gasteiger partial charge on any atom is 0.251 e. The van der Waals surface area contributed by atoms with E-state index >= 15 is 0 Å². The van der Waals surface area contributed by atoms with Gasteiger partial charge in [-0.15, -0.1) is 0 Å². The van der Waals surface area contributed by atoms with E-state index in [-0.39, 0.29) is 22.6 Å². The van der Waals surface area contributed by atoms with Crippen LogP contribution >= 0.6 is 0 Å². The van der Waals surface area contributed by atoms with Gasteiger partial charge < -0.3 is 10.3 Å². The smallest absolute Gasteiger partial charge is 0.251 e. The summed E-state index contributed by atoms with van der Waals surface area (Å²) in [7, 11) is -3.07. The average molecular weight is 270 g/mol. The Hall–Kier alpha value is -1.63. The van der Waals surface area contributed by atoms with Crippen LogP contribution in [-0.2, 0) is 9.84 Å². The van der Waals surface area contributed by atoms with E-state index in [4.69, 9.17) is 0 Å². The standard InChI is InChI=1S/C11H14N2O4S/c1-11(3-5-18(16,17)7-11)13-10(15)8-2-4-12-9(14)6-8/h2,4,6H,3,5,7H2,1H3,(H,12,14)(H,13,15). The summed E-state index contributed by atoms with van der Waals surface area (Å²) in [5.41, 5.74) is -0.894. The first-order chi connectivity index (χ1) is 8.30. The monoisotopic (exact) mass is 270 g/mol. The molecule has 1 atom stereocenters. The number of hydrogen-bond donors (Lipinski definition) is 2. The Kier molecular flexibility index (Phi) is 3.02. The lowest BCUT2D eigenvalue weighted by Crippen LogP contribution is -2.47. The van der Waals surface area contributed by atoms with Crippen molar-refractivity contribution < 1.29 is 13.2 Å². The van der Waals surface area contributed by atoms with E-state index in [0.29, 0.717) is 6.42 Å². The lowest BCUT2D eigenvalue weighted by atomic mass is 10.0. The molecule has 18 heavy (non-hydrogen) atoms. The predicted molar refractivity (Wildman–Crippen MR) is 66.2 cm³/mol. The molecule has 6 nitrogen and oxygen atoms in total. The molecule has 0 saturated carbocycles. The number of aromatic amines is 1. The van der Waals surface area contributed by atoms with E-state index in [9.17, 15) is 18.0 Å². The zero-order valence-electron chi connectivity index (χ0n) is 9.89. The second-order valence-corrected chi connectivity index (χ2v) is 6.98. The Bertz CT molecular complexity index is 634. The number of aromatic nitrogens is 1. The summed E-state index contributed by atoms with van der Waals surface area (Å²) in [6, 6.07) is 2.66. The second kappa shape index (κ2) is 4.24. The Morgan fingerprint density at radius 1 is 1.50 bits per heavy atom. The normalized spacial score (nSPS) is 25.8. The van der Waals surface area contributed by atoms with Crippen molar-refractivity contribution in [3.05, 3.63) is 34.2 Å². The predicted octanol–water partition coefficient (Wildman–Crippen LogP) is -0.318. The Morgan fingerprint density at radius 2 is 2.22 bits per heavy atom. The molecular formula is C11H14N2O4S. The quantitative estimate of drug-likeness (QED) is 0.770. The highest BCUT2D eigenvalue weighted by Crippen LogP contribution is 2.23. The molecule has 2 heterocycles. The highest BCUT2D eigenvalue weighted by atomic mass is 32.2. The third kappa shape index (κ3) is 2.79. The Balaban J connectivity index is 2.16.